The van der Waals surface area contributed by atoms with E-state index in [0.29, 0.717) is 5.56 Å². The number of rotatable bonds is 5. The summed E-state index contributed by atoms with van der Waals surface area (Å²) in [4.78, 5) is 17.5. The summed E-state index contributed by atoms with van der Waals surface area (Å²) in [5, 5.41) is 11.0. The van der Waals surface area contributed by atoms with Crippen LogP contribution < -0.4 is 0 Å². The standard InChI is InChI=1S/C12H12N4O4S/c1-15(8-10-6-13-9-14-7-10)21(19,20)12-5-3-2-4-11(12)16(17)18/h2-7,9H,8H2,1H3. The Hall–Kier alpha value is -2.39. The van der Waals surface area contributed by atoms with Gasteiger partial charge in [-0.05, 0) is 6.07 Å². The molecule has 0 bridgehead atoms. The number of hydrogen-bond donors (Lipinski definition) is 0. The summed E-state index contributed by atoms with van der Waals surface area (Å²) in [6.07, 6.45) is 4.30. The molecule has 0 aliphatic carbocycles. The minimum absolute atomic E-state index is 0.0230. The van der Waals surface area contributed by atoms with Gasteiger partial charge in [-0.2, -0.15) is 4.31 Å². The Morgan fingerprint density at radius 3 is 2.48 bits per heavy atom. The van der Waals surface area contributed by atoms with E-state index in [-0.39, 0.29) is 11.4 Å². The summed E-state index contributed by atoms with van der Waals surface area (Å²) >= 11 is 0. The average molecular weight is 308 g/mol. The van der Waals surface area contributed by atoms with Gasteiger partial charge in [0.1, 0.15) is 6.33 Å². The molecular formula is C12H12N4O4S. The van der Waals surface area contributed by atoms with Gasteiger partial charge in [-0.1, -0.05) is 12.1 Å². The topological polar surface area (TPSA) is 106 Å². The van der Waals surface area contributed by atoms with Crippen LogP contribution in [0.4, 0.5) is 5.69 Å². The maximum Gasteiger partial charge on any atom is 0.289 e. The summed E-state index contributed by atoms with van der Waals surface area (Å²) in [6.45, 7) is 0.0230. The summed E-state index contributed by atoms with van der Waals surface area (Å²) in [5.41, 5.74) is 0.135. The fraction of sp³-hybridized carbons (Fsp3) is 0.167. The average Bonchev–Trinajstić information content (AvgIpc) is 2.48. The molecule has 1 heterocycles. The molecular weight excluding hydrogens is 296 g/mol. The second-order valence-corrected chi connectivity index (χ2v) is 6.25. The minimum atomic E-state index is -3.98. The van der Waals surface area contributed by atoms with E-state index >= 15 is 0 Å². The fourth-order valence-corrected chi connectivity index (χ4v) is 3.06. The zero-order valence-electron chi connectivity index (χ0n) is 11.1. The molecule has 0 atom stereocenters. The molecule has 9 heteroatoms. The molecule has 0 unspecified atom stereocenters. The smallest absolute Gasteiger partial charge is 0.258 e. The Bertz CT molecular complexity index is 749. The van der Waals surface area contributed by atoms with Crippen molar-refractivity contribution in [2.24, 2.45) is 0 Å². The van der Waals surface area contributed by atoms with Crippen molar-refractivity contribution >= 4 is 15.7 Å². The molecule has 0 radical (unpaired) electrons. The van der Waals surface area contributed by atoms with Crippen LogP contribution in [-0.4, -0.2) is 34.7 Å². The number of aromatic nitrogens is 2. The summed E-state index contributed by atoms with van der Waals surface area (Å²) < 4.78 is 25.9. The van der Waals surface area contributed by atoms with Crippen molar-refractivity contribution in [3.8, 4) is 0 Å². The van der Waals surface area contributed by atoms with Crippen molar-refractivity contribution in [2.45, 2.75) is 11.4 Å². The molecule has 0 saturated carbocycles. The molecule has 0 saturated heterocycles. The van der Waals surface area contributed by atoms with Crippen LogP contribution in [0.1, 0.15) is 5.56 Å². The molecule has 0 N–H and O–H groups in total. The van der Waals surface area contributed by atoms with Gasteiger partial charge in [0, 0.05) is 37.6 Å². The fourth-order valence-electron chi connectivity index (χ4n) is 1.75. The highest BCUT2D eigenvalue weighted by Gasteiger charge is 2.29. The van der Waals surface area contributed by atoms with Crippen LogP contribution in [0.5, 0.6) is 0 Å². The van der Waals surface area contributed by atoms with E-state index < -0.39 is 20.6 Å². The van der Waals surface area contributed by atoms with Gasteiger partial charge >= 0.3 is 0 Å². The van der Waals surface area contributed by atoms with Gasteiger partial charge in [-0.3, -0.25) is 10.1 Å². The molecule has 0 spiro atoms. The van der Waals surface area contributed by atoms with Crippen molar-refractivity contribution in [3.63, 3.8) is 0 Å². The summed E-state index contributed by atoms with van der Waals surface area (Å²) in [7, 11) is -2.63. The van der Waals surface area contributed by atoms with Crippen molar-refractivity contribution < 1.29 is 13.3 Å². The van der Waals surface area contributed by atoms with E-state index in [1.54, 1.807) is 0 Å². The Kier molecular flexibility index (Phi) is 4.24. The lowest BCUT2D eigenvalue weighted by Gasteiger charge is -2.16. The van der Waals surface area contributed by atoms with E-state index in [9.17, 15) is 18.5 Å². The molecule has 0 amide bonds. The first-order valence-electron chi connectivity index (χ1n) is 5.86. The van der Waals surface area contributed by atoms with Gasteiger partial charge in [0.15, 0.2) is 4.90 Å². The zero-order chi connectivity index (χ0) is 15.5. The van der Waals surface area contributed by atoms with Crippen LogP contribution in [-0.2, 0) is 16.6 Å². The zero-order valence-corrected chi connectivity index (χ0v) is 11.9. The van der Waals surface area contributed by atoms with Crippen LogP contribution in [0.25, 0.3) is 0 Å². The number of nitrogens with zero attached hydrogens (tertiary/aromatic N) is 4. The normalized spacial score (nSPS) is 11.5. The number of hydrogen-bond acceptors (Lipinski definition) is 6. The Labute approximate surface area is 121 Å². The molecule has 0 aliphatic rings. The third-order valence-electron chi connectivity index (χ3n) is 2.77. The number of para-hydroxylation sites is 1. The second-order valence-electron chi connectivity index (χ2n) is 4.23. The van der Waals surface area contributed by atoms with Gasteiger partial charge in [0.25, 0.3) is 5.69 Å². The highest BCUT2D eigenvalue weighted by Crippen LogP contribution is 2.26. The van der Waals surface area contributed by atoms with Crippen LogP contribution in [0.3, 0.4) is 0 Å². The third kappa shape index (κ3) is 3.20. The number of sulfonamides is 1. The highest BCUT2D eigenvalue weighted by molar-refractivity contribution is 7.89. The number of benzene rings is 1. The van der Waals surface area contributed by atoms with Gasteiger partial charge in [-0.15, -0.1) is 0 Å². The molecule has 2 aromatic rings. The largest absolute Gasteiger partial charge is 0.289 e. The molecule has 21 heavy (non-hydrogen) atoms. The van der Waals surface area contributed by atoms with E-state index in [1.165, 1.54) is 44.0 Å². The SMILES string of the molecule is CN(Cc1cncnc1)S(=O)(=O)c1ccccc1[N+](=O)[O-]. The lowest BCUT2D eigenvalue weighted by molar-refractivity contribution is -0.387. The van der Waals surface area contributed by atoms with E-state index in [0.717, 1.165) is 10.4 Å². The molecule has 2 rings (SSSR count). The minimum Gasteiger partial charge on any atom is -0.258 e. The van der Waals surface area contributed by atoms with Gasteiger partial charge in [0.05, 0.1) is 4.92 Å². The monoisotopic (exact) mass is 308 g/mol. The first-order chi connectivity index (χ1) is 9.93. The summed E-state index contributed by atoms with van der Waals surface area (Å²) in [5.74, 6) is 0. The molecule has 1 aromatic heterocycles. The maximum atomic E-state index is 12.4. The van der Waals surface area contributed by atoms with Gasteiger partial charge in [0.2, 0.25) is 10.0 Å². The predicted octanol–water partition coefficient (Wildman–Crippen LogP) is 1.21. The third-order valence-corrected chi connectivity index (χ3v) is 4.62. The lowest BCUT2D eigenvalue weighted by atomic mass is 10.3. The predicted molar refractivity (Wildman–Crippen MR) is 73.8 cm³/mol. The van der Waals surface area contributed by atoms with Gasteiger partial charge in [-0.25, -0.2) is 18.4 Å². The van der Waals surface area contributed by atoms with E-state index in [1.807, 2.05) is 0 Å². The Balaban J connectivity index is 2.36. The van der Waals surface area contributed by atoms with Crippen molar-refractivity contribution in [3.05, 3.63) is 58.7 Å². The molecule has 0 aliphatic heterocycles. The van der Waals surface area contributed by atoms with Gasteiger partial charge < -0.3 is 0 Å². The Morgan fingerprint density at radius 2 is 1.86 bits per heavy atom. The molecule has 110 valence electrons. The summed E-state index contributed by atoms with van der Waals surface area (Å²) in [6, 6.07) is 5.24. The quantitative estimate of drug-likeness (QED) is 0.607. The Morgan fingerprint density at radius 1 is 1.24 bits per heavy atom. The van der Waals surface area contributed by atoms with Crippen molar-refractivity contribution in [1.29, 1.82) is 0 Å². The van der Waals surface area contributed by atoms with Crippen molar-refractivity contribution in [2.75, 3.05) is 7.05 Å². The van der Waals surface area contributed by atoms with E-state index in [4.69, 9.17) is 0 Å². The molecule has 8 nitrogen and oxygen atoms in total. The van der Waals surface area contributed by atoms with Crippen molar-refractivity contribution in [1.82, 2.24) is 14.3 Å². The molecule has 0 fully saturated rings. The van der Waals surface area contributed by atoms with Crippen LogP contribution in [0.15, 0.2) is 47.9 Å². The highest BCUT2D eigenvalue weighted by atomic mass is 32.2. The first kappa shape index (κ1) is 15.0. The number of nitro groups is 1. The molecule has 1 aromatic carbocycles. The first-order valence-corrected chi connectivity index (χ1v) is 7.30. The second kappa shape index (κ2) is 5.94. The maximum absolute atomic E-state index is 12.4. The van der Waals surface area contributed by atoms with E-state index in [2.05, 4.69) is 9.97 Å². The lowest BCUT2D eigenvalue weighted by Crippen LogP contribution is -2.27. The van der Waals surface area contributed by atoms with Crippen LogP contribution in [0.2, 0.25) is 0 Å². The van der Waals surface area contributed by atoms with Crippen LogP contribution in [0, 0.1) is 10.1 Å². The number of nitro benzene ring substituents is 1. The van der Waals surface area contributed by atoms with Crippen LogP contribution >= 0.6 is 0 Å².